The second-order valence-electron chi connectivity index (χ2n) is 7.52. The molecule has 0 spiro atoms. The summed E-state index contributed by atoms with van der Waals surface area (Å²) in [5, 5.41) is 3.15. The fourth-order valence-electron chi connectivity index (χ4n) is 3.84. The van der Waals surface area contributed by atoms with Gasteiger partial charge in [-0.05, 0) is 49.3 Å². The smallest absolute Gasteiger partial charge is 0.222 e. The molecule has 148 valence electrons. The summed E-state index contributed by atoms with van der Waals surface area (Å²) in [6.07, 6.45) is 4.49. The van der Waals surface area contributed by atoms with E-state index in [9.17, 15) is 9.59 Å². The number of likely N-dealkylation sites (tertiary alicyclic amines) is 1. The summed E-state index contributed by atoms with van der Waals surface area (Å²) >= 11 is 0. The highest BCUT2D eigenvalue weighted by atomic mass is 16.5. The summed E-state index contributed by atoms with van der Waals surface area (Å²) in [6.45, 7) is 2.77. The van der Waals surface area contributed by atoms with E-state index in [4.69, 9.17) is 9.47 Å². The van der Waals surface area contributed by atoms with Crippen molar-refractivity contribution in [3.63, 3.8) is 0 Å². The van der Waals surface area contributed by atoms with Crippen LogP contribution in [0.25, 0.3) is 0 Å². The maximum atomic E-state index is 12.5. The highest BCUT2D eigenvalue weighted by Gasteiger charge is 2.25. The zero-order chi connectivity index (χ0) is 19.1. The average Bonchev–Trinajstić information content (AvgIpc) is 2.85. The molecule has 2 amide bonds. The molecule has 6 heteroatoms. The van der Waals surface area contributed by atoms with Gasteiger partial charge in [0.25, 0.3) is 0 Å². The number of ether oxygens (including phenoxy) is 2. The normalized spacial score (nSPS) is 21.6. The summed E-state index contributed by atoms with van der Waals surface area (Å²) in [5.74, 6) is 1.49. The van der Waals surface area contributed by atoms with Gasteiger partial charge in [0, 0.05) is 45.2 Å². The Hall–Kier alpha value is -2.08. The zero-order valence-corrected chi connectivity index (χ0v) is 16.1. The van der Waals surface area contributed by atoms with Crippen LogP contribution in [0.4, 0.5) is 0 Å². The molecule has 27 heavy (non-hydrogen) atoms. The third-order valence-electron chi connectivity index (χ3n) is 5.49. The number of amides is 2. The molecule has 1 N–H and O–H groups in total. The van der Waals surface area contributed by atoms with Crippen molar-refractivity contribution in [2.45, 2.75) is 51.1 Å². The number of carbonyl (C=O) groups excluding carboxylic acids is 2. The number of nitrogens with one attached hydrogen (secondary N) is 1. The summed E-state index contributed by atoms with van der Waals surface area (Å²) in [7, 11) is 1.64. The predicted molar refractivity (Wildman–Crippen MR) is 102 cm³/mol. The SMILES string of the molecule is COc1cccc(CN2CCC(NC(=O)CC3CCOCC3)CCC2=O)c1. The molecular weight excluding hydrogens is 344 g/mol. The topological polar surface area (TPSA) is 67.9 Å². The lowest BCUT2D eigenvalue weighted by Crippen LogP contribution is -2.37. The van der Waals surface area contributed by atoms with Crippen LogP contribution < -0.4 is 10.1 Å². The molecule has 2 fully saturated rings. The molecule has 1 atom stereocenters. The van der Waals surface area contributed by atoms with Gasteiger partial charge in [-0.25, -0.2) is 0 Å². The van der Waals surface area contributed by atoms with Crippen LogP contribution in [-0.2, 0) is 20.9 Å². The Morgan fingerprint density at radius 1 is 1.26 bits per heavy atom. The van der Waals surface area contributed by atoms with Crippen LogP contribution in [-0.4, -0.2) is 49.6 Å². The molecule has 2 saturated heterocycles. The van der Waals surface area contributed by atoms with Crippen LogP contribution in [0.15, 0.2) is 24.3 Å². The Morgan fingerprint density at radius 2 is 2.07 bits per heavy atom. The maximum absolute atomic E-state index is 12.5. The van der Waals surface area contributed by atoms with Crippen LogP contribution in [0.5, 0.6) is 5.75 Å². The maximum Gasteiger partial charge on any atom is 0.222 e. The molecule has 1 aromatic rings. The van der Waals surface area contributed by atoms with Gasteiger partial charge < -0.3 is 19.7 Å². The van der Waals surface area contributed by atoms with E-state index in [0.717, 1.165) is 43.8 Å². The van der Waals surface area contributed by atoms with Gasteiger partial charge in [0.1, 0.15) is 5.75 Å². The molecular formula is C21H30N2O4. The first-order valence-electron chi connectivity index (χ1n) is 9.92. The second-order valence-corrected chi connectivity index (χ2v) is 7.52. The standard InChI is InChI=1S/C21H30N2O4/c1-26-19-4-2-3-17(13-19)15-23-10-7-18(5-6-21(23)25)22-20(24)14-16-8-11-27-12-9-16/h2-4,13,16,18H,5-12,14-15H2,1H3,(H,22,24). The molecule has 1 unspecified atom stereocenters. The first kappa shape index (κ1) is 19.7. The minimum atomic E-state index is 0.0802. The van der Waals surface area contributed by atoms with E-state index in [2.05, 4.69) is 5.32 Å². The first-order valence-corrected chi connectivity index (χ1v) is 9.92. The van der Waals surface area contributed by atoms with Gasteiger partial charge in [0.15, 0.2) is 0 Å². The number of nitrogens with zero attached hydrogens (tertiary/aromatic N) is 1. The van der Waals surface area contributed by atoms with E-state index < -0.39 is 0 Å². The number of benzene rings is 1. The summed E-state index contributed by atoms with van der Waals surface area (Å²) in [4.78, 5) is 26.7. The third-order valence-corrected chi connectivity index (χ3v) is 5.49. The van der Waals surface area contributed by atoms with Gasteiger partial charge in [0.2, 0.25) is 11.8 Å². The highest BCUT2D eigenvalue weighted by molar-refractivity contribution is 5.78. The van der Waals surface area contributed by atoms with E-state index in [1.54, 1.807) is 7.11 Å². The Balaban J connectivity index is 1.49. The predicted octanol–water partition coefficient (Wildman–Crippen LogP) is 2.51. The molecule has 6 nitrogen and oxygen atoms in total. The molecule has 2 aliphatic rings. The molecule has 0 saturated carbocycles. The van der Waals surface area contributed by atoms with Crippen molar-refractivity contribution in [3.05, 3.63) is 29.8 Å². The molecule has 0 aliphatic carbocycles. The van der Waals surface area contributed by atoms with Crippen molar-refractivity contribution in [2.24, 2.45) is 5.92 Å². The Morgan fingerprint density at radius 3 is 2.85 bits per heavy atom. The van der Waals surface area contributed by atoms with Crippen LogP contribution in [0, 0.1) is 5.92 Å². The molecule has 3 rings (SSSR count). The van der Waals surface area contributed by atoms with Gasteiger partial charge in [-0.2, -0.15) is 0 Å². The minimum absolute atomic E-state index is 0.0802. The van der Waals surface area contributed by atoms with Crippen molar-refractivity contribution in [2.75, 3.05) is 26.9 Å². The van der Waals surface area contributed by atoms with Crippen molar-refractivity contribution in [1.29, 1.82) is 0 Å². The lowest BCUT2D eigenvalue weighted by Gasteiger charge is -2.23. The van der Waals surface area contributed by atoms with Gasteiger partial charge in [0.05, 0.1) is 7.11 Å². The summed E-state index contributed by atoms with van der Waals surface area (Å²) in [6, 6.07) is 7.89. The average molecular weight is 374 g/mol. The Bertz CT molecular complexity index is 643. The van der Waals surface area contributed by atoms with E-state index in [1.807, 2.05) is 29.2 Å². The number of hydrogen-bond donors (Lipinski definition) is 1. The quantitative estimate of drug-likeness (QED) is 0.831. The van der Waals surface area contributed by atoms with Crippen molar-refractivity contribution in [3.8, 4) is 5.75 Å². The van der Waals surface area contributed by atoms with E-state index in [0.29, 0.717) is 38.3 Å². The van der Waals surface area contributed by atoms with Gasteiger partial charge in [-0.1, -0.05) is 12.1 Å². The first-order chi connectivity index (χ1) is 13.1. The largest absolute Gasteiger partial charge is 0.497 e. The van der Waals surface area contributed by atoms with Gasteiger partial charge >= 0.3 is 0 Å². The van der Waals surface area contributed by atoms with E-state index in [-0.39, 0.29) is 17.9 Å². The second kappa shape index (κ2) is 9.74. The zero-order valence-electron chi connectivity index (χ0n) is 16.1. The molecule has 0 aromatic heterocycles. The molecule has 0 radical (unpaired) electrons. The van der Waals surface area contributed by atoms with Crippen molar-refractivity contribution < 1.29 is 19.1 Å². The van der Waals surface area contributed by atoms with E-state index in [1.165, 1.54) is 0 Å². The van der Waals surface area contributed by atoms with Crippen molar-refractivity contribution >= 4 is 11.8 Å². The minimum Gasteiger partial charge on any atom is -0.497 e. The van der Waals surface area contributed by atoms with Crippen molar-refractivity contribution in [1.82, 2.24) is 10.2 Å². The molecule has 2 heterocycles. The van der Waals surface area contributed by atoms with Crippen LogP contribution in [0.1, 0.15) is 44.1 Å². The van der Waals surface area contributed by atoms with Gasteiger partial charge in [-0.3, -0.25) is 9.59 Å². The summed E-state index contributed by atoms with van der Waals surface area (Å²) in [5.41, 5.74) is 1.06. The molecule has 0 bridgehead atoms. The third kappa shape index (κ3) is 5.96. The fraction of sp³-hybridized carbons (Fsp3) is 0.619. The monoisotopic (exact) mass is 374 g/mol. The number of hydrogen-bond acceptors (Lipinski definition) is 4. The number of rotatable bonds is 6. The number of carbonyl (C=O) groups is 2. The van der Waals surface area contributed by atoms with Crippen LogP contribution in [0.2, 0.25) is 0 Å². The molecule has 2 aliphatic heterocycles. The fourth-order valence-corrected chi connectivity index (χ4v) is 3.84. The van der Waals surface area contributed by atoms with Crippen LogP contribution in [0.3, 0.4) is 0 Å². The van der Waals surface area contributed by atoms with Crippen LogP contribution >= 0.6 is 0 Å². The Kier molecular flexibility index (Phi) is 7.10. The number of methoxy groups -OCH3 is 1. The lowest BCUT2D eigenvalue weighted by molar-refractivity contribution is -0.131. The summed E-state index contributed by atoms with van der Waals surface area (Å²) < 4.78 is 10.6. The Labute approximate surface area is 161 Å². The van der Waals surface area contributed by atoms with Gasteiger partial charge in [-0.15, -0.1) is 0 Å². The lowest BCUT2D eigenvalue weighted by atomic mass is 9.96. The van der Waals surface area contributed by atoms with E-state index >= 15 is 0 Å². The molecule has 1 aromatic carbocycles. The highest BCUT2D eigenvalue weighted by Crippen LogP contribution is 2.20.